The van der Waals surface area contributed by atoms with Crippen molar-refractivity contribution in [3.63, 3.8) is 0 Å². The van der Waals surface area contributed by atoms with Gasteiger partial charge in [-0.05, 0) is 18.9 Å². The van der Waals surface area contributed by atoms with Gasteiger partial charge in [-0.3, -0.25) is 4.79 Å². The van der Waals surface area contributed by atoms with E-state index in [1.54, 1.807) is 0 Å². The van der Waals surface area contributed by atoms with Crippen molar-refractivity contribution in [3.8, 4) is 5.88 Å². The number of nitrogens with zero attached hydrogens (tertiary/aromatic N) is 1. The van der Waals surface area contributed by atoms with Crippen molar-refractivity contribution in [2.75, 3.05) is 13.2 Å². The van der Waals surface area contributed by atoms with Crippen molar-refractivity contribution in [1.82, 2.24) is 10.3 Å². The number of amides is 1. The van der Waals surface area contributed by atoms with Gasteiger partial charge in [-0.15, -0.1) is 0 Å². The van der Waals surface area contributed by atoms with Crippen molar-refractivity contribution in [1.29, 1.82) is 0 Å². The molecule has 0 radical (unpaired) electrons. The molecule has 124 valence electrons. The van der Waals surface area contributed by atoms with Crippen LogP contribution in [0.15, 0.2) is 18.3 Å². The van der Waals surface area contributed by atoms with E-state index in [0.29, 0.717) is 0 Å². The van der Waals surface area contributed by atoms with Crippen LogP contribution >= 0.6 is 0 Å². The molecule has 0 fully saturated rings. The van der Waals surface area contributed by atoms with E-state index in [0.717, 1.165) is 6.20 Å². The van der Waals surface area contributed by atoms with Gasteiger partial charge >= 0.3 is 6.18 Å². The number of nitrogens with one attached hydrogen (secondary N) is 1. The van der Waals surface area contributed by atoms with Crippen molar-refractivity contribution in [2.45, 2.75) is 32.5 Å². The molecule has 1 aromatic heterocycles. The number of hydrogen-bond acceptors (Lipinski definition) is 4. The largest absolute Gasteiger partial charge is 0.468 e. The number of halogens is 3. The summed E-state index contributed by atoms with van der Waals surface area (Å²) in [4.78, 5) is 15.8. The van der Waals surface area contributed by atoms with Gasteiger partial charge in [0.1, 0.15) is 0 Å². The Morgan fingerprint density at radius 3 is 2.45 bits per heavy atom. The Bertz CT molecular complexity index is 503. The number of hydrogen-bond donors (Lipinski definition) is 2. The third-order valence-corrected chi connectivity index (χ3v) is 3.48. The third-order valence-electron chi connectivity index (χ3n) is 3.48. The molecular formula is C14H20F3N3O2. The molecular weight excluding hydrogens is 299 g/mol. The fraction of sp³-hybridized carbons (Fsp3) is 0.571. The summed E-state index contributed by atoms with van der Waals surface area (Å²) in [6.45, 7) is 4.52. The van der Waals surface area contributed by atoms with Gasteiger partial charge in [0.15, 0.2) is 6.61 Å². The molecule has 0 aliphatic heterocycles. The molecule has 1 amide bonds. The molecule has 0 saturated carbocycles. The second kappa shape index (κ2) is 6.95. The van der Waals surface area contributed by atoms with E-state index in [1.807, 2.05) is 20.8 Å². The van der Waals surface area contributed by atoms with Gasteiger partial charge in [0.05, 0.1) is 11.1 Å². The minimum absolute atomic E-state index is 0.115. The maximum absolute atomic E-state index is 12.1. The number of aromatic nitrogens is 1. The zero-order chi connectivity index (χ0) is 17.0. The van der Waals surface area contributed by atoms with Gasteiger partial charge < -0.3 is 15.8 Å². The number of nitrogens with two attached hydrogens (primary N) is 1. The molecule has 0 aliphatic carbocycles. The normalized spacial score (nSPS) is 14.5. The first kappa shape index (κ1) is 18.2. The van der Waals surface area contributed by atoms with E-state index in [4.69, 9.17) is 5.73 Å². The van der Waals surface area contributed by atoms with Gasteiger partial charge in [0.2, 0.25) is 5.88 Å². The quantitative estimate of drug-likeness (QED) is 0.842. The highest BCUT2D eigenvalue weighted by atomic mass is 19.4. The van der Waals surface area contributed by atoms with Crippen LogP contribution in [0.2, 0.25) is 0 Å². The Balaban J connectivity index is 2.72. The first-order valence-electron chi connectivity index (χ1n) is 6.75. The van der Waals surface area contributed by atoms with Crippen LogP contribution in [0.5, 0.6) is 5.88 Å². The molecule has 0 bridgehead atoms. The molecule has 0 aliphatic rings. The Labute approximate surface area is 127 Å². The SMILES string of the molecule is CC(C)C(C)(CN)NC(=O)c1ccc(OCC(F)(F)F)nc1. The summed E-state index contributed by atoms with van der Waals surface area (Å²) < 4.78 is 40.5. The summed E-state index contributed by atoms with van der Waals surface area (Å²) >= 11 is 0. The van der Waals surface area contributed by atoms with Crippen molar-refractivity contribution >= 4 is 5.91 Å². The van der Waals surface area contributed by atoms with Crippen molar-refractivity contribution < 1.29 is 22.7 Å². The maximum Gasteiger partial charge on any atom is 0.422 e. The number of alkyl halides is 3. The summed E-state index contributed by atoms with van der Waals surface area (Å²) in [5, 5.41) is 2.81. The fourth-order valence-electron chi connectivity index (χ4n) is 1.52. The van der Waals surface area contributed by atoms with Gasteiger partial charge in [-0.25, -0.2) is 4.98 Å². The molecule has 0 saturated heterocycles. The molecule has 1 aromatic rings. The highest BCUT2D eigenvalue weighted by molar-refractivity contribution is 5.94. The Morgan fingerprint density at radius 2 is 2.05 bits per heavy atom. The molecule has 0 spiro atoms. The minimum Gasteiger partial charge on any atom is -0.468 e. The van der Waals surface area contributed by atoms with Crippen LogP contribution in [-0.4, -0.2) is 35.8 Å². The molecule has 8 heteroatoms. The van der Waals surface area contributed by atoms with Crippen LogP contribution in [0, 0.1) is 5.92 Å². The predicted molar refractivity (Wildman–Crippen MR) is 75.6 cm³/mol. The van der Waals surface area contributed by atoms with Gasteiger partial charge in [0, 0.05) is 18.8 Å². The lowest BCUT2D eigenvalue weighted by molar-refractivity contribution is -0.154. The Hall–Kier alpha value is -1.83. The van der Waals surface area contributed by atoms with Gasteiger partial charge in [0.25, 0.3) is 5.91 Å². The van der Waals surface area contributed by atoms with Crippen LogP contribution < -0.4 is 15.8 Å². The number of pyridine rings is 1. The Kier molecular flexibility index (Phi) is 5.76. The monoisotopic (exact) mass is 319 g/mol. The average molecular weight is 319 g/mol. The number of rotatable bonds is 6. The zero-order valence-corrected chi connectivity index (χ0v) is 12.7. The average Bonchev–Trinajstić information content (AvgIpc) is 2.44. The fourth-order valence-corrected chi connectivity index (χ4v) is 1.52. The van der Waals surface area contributed by atoms with Crippen LogP contribution in [0.25, 0.3) is 0 Å². The first-order chi connectivity index (χ1) is 10.1. The van der Waals surface area contributed by atoms with E-state index >= 15 is 0 Å². The lowest BCUT2D eigenvalue weighted by atomic mass is 9.88. The lowest BCUT2D eigenvalue weighted by Gasteiger charge is -2.33. The highest BCUT2D eigenvalue weighted by Crippen LogP contribution is 2.18. The number of ether oxygens (including phenoxy) is 1. The van der Waals surface area contributed by atoms with Crippen LogP contribution in [0.3, 0.4) is 0 Å². The summed E-state index contributed by atoms with van der Waals surface area (Å²) in [7, 11) is 0. The van der Waals surface area contributed by atoms with Gasteiger partial charge in [-0.2, -0.15) is 13.2 Å². The molecule has 1 heterocycles. The summed E-state index contributed by atoms with van der Waals surface area (Å²) in [5.41, 5.74) is 5.32. The Morgan fingerprint density at radius 1 is 1.41 bits per heavy atom. The van der Waals surface area contributed by atoms with Crippen molar-refractivity contribution in [2.24, 2.45) is 11.7 Å². The van der Waals surface area contributed by atoms with Crippen LogP contribution in [0.1, 0.15) is 31.1 Å². The minimum atomic E-state index is -4.43. The van der Waals surface area contributed by atoms with E-state index in [9.17, 15) is 18.0 Å². The molecule has 5 nitrogen and oxygen atoms in total. The molecule has 1 rings (SSSR count). The number of carbonyl (C=O) groups excluding carboxylic acids is 1. The molecule has 22 heavy (non-hydrogen) atoms. The number of carbonyl (C=O) groups is 1. The van der Waals surface area contributed by atoms with Crippen LogP contribution in [0.4, 0.5) is 13.2 Å². The second-order valence-corrected chi connectivity index (χ2v) is 5.52. The zero-order valence-electron chi connectivity index (χ0n) is 12.7. The topological polar surface area (TPSA) is 77.2 Å². The smallest absolute Gasteiger partial charge is 0.422 e. The van der Waals surface area contributed by atoms with Gasteiger partial charge in [-0.1, -0.05) is 13.8 Å². The van der Waals surface area contributed by atoms with E-state index in [1.165, 1.54) is 12.1 Å². The second-order valence-electron chi connectivity index (χ2n) is 5.52. The first-order valence-corrected chi connectivity index (χ1v) is 6.75. The van der Waals surface area contributed by atoms with E-state index < -0.39 is 24.2 Å². The highest BCUT2D eigenvalue weighted by Gasteiger charge is 2.30. The van der Waals surface area contributed by atoms with Crippen LogP contribution in [-0.2, 0) is 0 Å². The van der Waals surface area contributed by atoms with E-state index in [2.05, 4.69) is 15.0 Å². The maximum atomic E-state index is 12.1. The standard InChI is InChI=1S/C14H20F3N3O2/c1-9(2)13(3,7-18)20-12(21)10-4-5-11(19-6-10)22-8-14(15,16)17/h4-6,9H,7-8,18H2,1-3H3,(H,20,21). The molecule has 1 unspecified atom stereocenters. The summed E-state index contributed by atoms with van der Waals surface area (Å²) in [6.07, 6.45) is -3.27. The molecule has 3 N–H and O–H groups in total. The predicted octanol–water partition coefficient (Wildman–Crippen LogP) is 2.13. The van der Waals surface area contributed by atoms with Crippen molar-refractivity contribution in [3.05, 3.63) is 23.9 Å². The molecule has 1 atom stereocenters. The summed E-state index contributed by atoms with van der Waals surface area (Å²) in [6, 6.07) is 2.57. The third kappa shape index (κ3) is 5.18. The molecule has 0 aromatic carbocycles. The van der Waals surface area contributed by atoms with E-state index in [-0.39, 0.29) is 23.9 Å². The lowest BCUT2D eigenvalue weighted by Crippen LogP contribution is -2.55. The summed E-state index contributed by atoms with van der Waals surface area (Å²) in [5.74, 6) is -0.473.